The predicted molar refractivity (Wildman–Crippen MR) is 73.2 cm³/mol. The number of hydrogen-bond donors (Lipinski definition) is 2. The number of rotatable bonds is 7. The molecule has 0 saturated carbocycles. The first kappa shape index (κ1) is 15.6. The van der Waals surface area contributed by atoms with Gasteiger partial charge in [-0.2, -0.15) is 0 Å². The molecule has 1 aromatic heterocycles. The van der Waals surface area contributed by atoms with Gasteiger partial charge >= 0.3 is 5.97 Å². The van der Waals surface area contributed by atoms with Crippen molar-refractivity contribution in [3.63, 3.8) is 0 Å². The molecule has 1 amide bonds. The van der Waals surface area contributed by atoms with Crippen molar-refractivity contribution in [2.75, 3.05) is 5.75 Å². The molecule has 0 saturated heterocycles. The SMILES string of the molecule is Cc1cnc(SCC(=O)O)n1CCC(=O)NC(C)C. The number of aliphatic carboxylic acids is 1. The van der Waals surface area contributed by atoms with E-state index < -0.39 is 5.97 Å². The summed E-state index contributed by atoms with van der Waals surface area (Å²) in [6, 6.07) is 0.122. The average Bonchev–Trinajstić information content (AvgIpc) is 2.64. The Labute approximate surface area is 116 Å². The summed E-state index contributed by atoms with van der Waals surface area (Å²) in [7, 11) is 0. The van der Waals surface area contributed by atoms with Crippen LogP contribution in [0.2, 0.25) is 0 Å². The molecule has 0 bridgehead atoms. The van der Waals surface area contributed by atoms with Crippen molar-refractivity contribution in [1.29, 1.82) is 0 Å². The molecular formula is C12H19N3O3S. The molecule has 0 radical (unpaired) electrons. The first-order valence-corrected chi connectivity index (χ1v) is 7.04. The van der Waals surface area contributed by atoms with Crippen LogP contribution in [-0.4, -0.2) is 38.3 Å². The van der Waals surface area contributed by atoms with Crippen molar-refractivity contribution in [1.82, 2.24) is 14.9 Å². The van der Waals surface area contributed by atoms with Crippen LogP contribution in [0.1, 0.15) is 26.0 Å². The molecule has 0 fully saturated rings. The van der Waals surface area contributed by atoms with Crippen molar-refractivity contribution in [2.45, 2.75) is 44.9 Å². The minimum atomic E-state index is -0.880. The lowest BCUT2D eigenvalue weighted by Crippen LogP contribution is -2.30. The highest BCUT2D eigenvalue weighted by Gasteiger charge is 2.11. The normalized spacial score (nSPS) is 10.7. The van der Waals surface area contributed by atoms with Crippen LogP contribution in [0.4, 0.5) is 0 Å². The largest absolute Gasteiger partial charge is 0.481 e. The topological polar surface area (TPSA) is 84.2 Å². The van der Waals surface area contributed by atoms with Crippen LogP contribution in [0.25, 0.3) is 0 Å². The summed E-state index contributed by atoms with van der Waals surface area (Å²) in [5.41, 5.74) is 0.922. The highest BCUT2D eigenvalue weighted by Crippen LogP contribution is 2.18. The number of aryl methyl sites for hydroxylation is 1. The monoisotopic (exact) mass is 285 g/mol. The fourth-order valence-corrected chi connectivity index (χ4v) is 2.33. The average molecular weight is 285 g/mol. The van der Waals surface area contributed by atoms with E-state index in [1.807, 2.05) is 25.3 Å². The van der Waals surface area contributed by atoms with Gasteiger partial charge in [-0.3, -0.25) is 9.59 Å². The Bertz CT molecular complexity index is 457. The van der Waals surface area contributed by atoms with Crippen LogP contribution in [0.3, 0.4) is 0 Å². The second-order valence-corrected chi connectivity index (χ2v) is 5.43. The predicted octanol–water partition coefficient (Wildman–Crippen LogP) is 1.28. The summed E-state index contributed by atoms with van der Waals surface area (Å²) in [5.74, 6) is -0.929. The molecular weight excluding hydrogens is 266 g/mol. The van der Waals surface area contributed by atoms with Crippen molar-refractivity contribution in [3.8, 4) is 0 Å². The van der Waals surface area contributed by atoms with Crippen molar-refractivity contribution in [3.05, 3.63) is 11.9 Å². The van der Waals surface area contributed by atoms with E-state index in [9.17, 15) is 9.59 Å². The number of hydrogen-bond acceptors (Lipinski definition) is 4. The Hall–Kier alpha value is -1.50. The molecule has 0 spiro atoms. The number of amides is 1. The Morgan fingerprint density at radius 1 is 1.53 bits per heavy atom. The number of carboxylic acid groups (broad SMARTS) is 1. The van der Waals surface area contributed by atoms with E-state index in [2.05, 4.69) is 10.3 Å². The lowest BCUT2D eigenvalue weighted by Gasteiger charge is -2.11. The smallest absolute Gasteiger partial charge is 0.313 e. The van der Waals surface area contributed by atoms with Crippen LogP contribution in [0.5, 0.6) is 0 Å². The molecule has 6 nitrogen and oxygen atoms in total. The van der Waals surface area contributed by atoms with Gasteiger partial charge in [0.05, 0.1) is 5.75 Å². The molecule has 1 heterocycles. The van der Waals surface area contributed by atoms with Gasteiger partial charge in [0, 0.05) is 30.9 Å². The van der Waals surface area contributed by atoms with E-state index in [-0.39, 0.29) is 17.7 Å². The Morgan fingerprint density at radius 2 is 2.21 bits per heavy atom. The van der Waals surface area contributed by atoms with E-state index in [0.29, 0.717) is 18.1 Å². The number of carbonyl (C=O) groups is 2. The summed E-state index contributed by atoms with van der Waals surface area (Å²) in [6.45, 7) is 6.22. The van der Waals surface area contributed by atoms with Gasteiger partial charge in [-0.1, -0.05) is 11.8 Å². The molecule has 2 N–H and O–H groups in total. The zero-order valence-electron chi connectivity index (χ0n) is 11.3. The minimum Gasteiger partial charge on any atom is -0.481 e. The van der Waals surface area contributed by atoms with Gasteiger partial charge in [-0.15, -0.1) is 0 Å². The van der Waals surface area contributed by atoms with Crippen LogP contribution in [-0.2, 0) is 16.1 Å². The fourth-order valence-electron chi connectivity index (χ4n) is 1.56. The Balaban J connectivity index is 2.59. The van der Waals surface area contributed by atoms with Crippen molar-refractivity contribution < 1.29 is 14.7 Å². The van der Waals surface area contributed by atoms with Crippen LogP contribution < -0.4 is 5.32 Å². The summed E-state index contributed by atoms with van der Waals surface area (Å²) in [5, 5.41) is 12.1. The minimum absolute atomic E-state index is 0.0164. The maximum Gasteiger partial charge on any atom is 0.313 e. The highest BCUT2D eigenvalue weighted by molar-refractivity contribution is 7.99. The van der Waals surface area contributed by atoms with Crippen LogP contribution >= 0.6 is 11.8 Å². The van der Waals surface area contributed by atoms with Crippen molar-refractivity contribution >= 4 is 23.6 Å². The maximum absolute atomic E-state index is 11.6. The maximum atomic E-state index is 11.6. The standard InChI is InChI=1S/C12H19N3O3S/c1-8(2)14-10(16)4-5-15-9(3)6-13-12(15)19-7-11(17)18/h6,8H,4-5,7H2,1-3H3,(H,14,16)(H,17,18). The number of nitrogens with one attached hydrogen (secondary N) is 1. The number of aromatic nitrogens is 2. The Morgan fingerprint density at radius 3 is 2.79 bits per heavy atom. The first-order chi connectivity index (χ1) is 8.90. The molecule has 0 aliphatic heterocycles. The highest BCUT2D eigenvalue weighted by atomic mass is 32.2. The van der Waals surface area contributed by atoms with Crippen molar-refractivity contribution in [2.24, 2.45) is 0 Å². The molecule has 19 heavy (non-hydrogen) atoms. The van der Waals surface area contributed by atoms with Gasteiger partial charge in [0.1, 0.15) is 0 Å². The zero-order valence-corrected chi connectivity index (χ0v) is 12.2. The quantitative estimate of drug-likeness (QED) is 0.737. The third-order valence-electron chi connectivity index (χ3n) is 2.36. The first-order valence-electron chi connectivity index (χ1n) is 6.06. The van der Waals surface area contributed by atoms with E-state index in [4.69, 9.17) is 5.11 Å². The van der Waals surface area contributed by atoms with Gasteiger partial charge in [0.15, 0.2) is 5.16 Å². The van der Waals surface area contributed by atoms with Crippen LogP contribution in [0.15, 0.2) is 11.4 Å². The second kappa shape index (κ2) is 7.18. The summed E-state index contributed by atoms with van der Waals surface area (Å²) in [4.78, 5) is 26.3. The van der Waals surface area contributed by atoms with Crippen LogP contribution in [0, 0.1) is 6.92 Å². The summed E-state index contributed by atoms with van der Waals surface area (Å²) < 4.78 is 1.87. The molecule has 0 aliphatic rings. The summed E-state index contributed by atoms with van der Waals surface area (Å²) >= 11 is 1.16. The Kier molecular flexibility index (Phi) is 5.88. The summed E-state index contributed by atoms with van der Waals surface area (Å²) in [6.07, 6.45) is 2.04. The molecule has 106 valence electrons. The number of carboxylic acids is 1. The van der Waals surface area contributed by atoms with Gasteiger partial charge in [0.2, 0.25) is 5.91 Å². The van der Waals surface area contributed by atoms with E-state index in [1.54, 1.807) is 6.20 Å². The van der Waals surface area contributed by atoms with Gasteiger partial charge in [-0.25, -0.2) is 4.98 Å². The molecule has 0 unspecified atom stereocenters. The molecule has 7 heteroatoms. The van der Waals surface area contributed by atoms with Gasteiger partial charge in [-0.05, 0) is 20.8 Å². The molecule has 0 aromatic carbocycles. The molecule has 1 rings (SSSR count). The van der Waals surface area contributed by atoms with E-state index in [1.165, 1.54) is 0 Å². The molecule has 0 atom stereocenters. The third-order valence-corrected chi connectivity index (χ3v) is 3.33. The number of thioether (sulfide) groups is 1. The second-order valence-electron chi connectivity index (χ2n) is 4.49. The fraction of sp³-hybridized carbons (Fsp3) is 0.583. The molecule has 0 aliphatic carbocycles. The number of imidazole rings is 1. The lowest BCUT2D eigenvalue weighted by molar-refractivity contribution is -0.134. The third kappa shape index (κ3) is 5.34. The number of nitrogens with zero attached hydrogens (tertiary/aromatic N) is 2. The van der Waals surface area contributed by atoms with E-state index in [0.717, 1.165) is 17.5 Å². The van der Waals surface area contributed by atoms with Gasteiger partial charge in [0.25, 0.3) is 0 Å². The van der Waals surface area contributed by atoms with E-state index >= 15 is 0 Å². The number of carbonyl (C=O) groups excluding carboxylic acids is 1. The van der Waals surface area contributed by atoms with Gasteiger partial charge < -0.3 is 15.0 Å². The zero-order chi connectivity index (χ0) is 14.4. The lowest BCUT2D eigenvalue weighted by atomic mass is 10.3. The molecule has 1 aromatic rings.